The fourth-order valence-corrected chi connectivity index (χ4v) is 1.54. The second-order valence-electron chi connectivity index (χ2n) is 4.76. The summed E-state index contributed by atoms with van der Waals surface area (Å²) in [6.07, 6.45) is 0. The summed E-state index contributed by atoms with van der Waals surface area (Å²) in [5.74, 6) is 0.398. The fraction of sp³-hybridized carbons (Fsp3) is 0.500. The van der Waals surface area contributed by atoms with Crippen molar-refractivity contribution in [3.05, 3.63) is 28.8 Å². The summed E-state index contributed by atoms with van der Waals surface area (Å²) in [4.78, 5) is 0. The Balaban J connectivity index is 3.35. The lowest BCUT2D eigenvalue weighted by molar-refractivity contribution is 0.442. The van der Waals surface area contributed by atoms with Crippen molar-refractivity contribution < 1.29 is 5.11 Å². The number of hydrogen-bond acceptors (Lipinski definition) is 2. The van der Waals surface area contributed by atoms with Gasteiger partial charge in [0.2, 0.25) is 0 Å². The number of aromatic hydroxyl groups is 1. The van der Waals surface area contributed by atoms with Gasteiger partial charge in [-0.25, -0.2) is 0 Å². The van der Waals surface area contributed by atoms with Crippen LogP contribution in [-0.2, 0) is 12.0 Å². The molecular weight excluding hydrogens is 174 g/mol. The predicted molar refractivity (Wildman–Crippen MR) is 59.4 cm³/mol. The van der Waals surface area contributed by atoms with E-state index in [1.54, 1.807) is 0 Å². The highest BCUT2D eigenvalue weighted by molar-refractivity contribution is 5.46. The maximum atomic E-state index is 9.91. The monoisotopic (exact) mass is 193 g/mol. The highest BCUT2D eigenvalue weighted by Crippen LogP contribution is 2.33. The van der Waals surface area contributed by atoms with Gasteiger partial charge in [-0.3, -0.25) is 0 Å². The van der Waals surface area contributed by atoms with E-state index in [1.165, 1.54) is 0 Å². The molecule has 0 aliphatic rings. The standard InChI is InChI=1S/C12H19NO/c1-8-5-9(7-13)6-10(11(8)14)12(2,3)4/h5-6,14H,7,13H2,1-4H3. The van der Waals surface area contributed by atoms with Crippen molar-refractivity contribution in [1.29, 1.82) is 0 Å². The molecule has 0 atom stereocenters. The number of hydrogen-bond donors (Lipinski definition) is 2. The van der Waals surface area contributed by atoms with Crippen LogP contribution in [0.2, 0.25) is 0 Å². The van der Waals surface area contributed by atoms with Gasteiger partial charge in [0.05, 0.1) is 0 Å². The molecule has 14 heavy (non-hydrogen) atoms. The van der Waals surface area contributed by atoms with Gasteiger partial charge in [-0.2, -0.15) is 0 Å². The molecule has 0 saturated heterocycles. The van der Waals surface area contributed by atoms with E-state index in [0.717, 1.165) is 16.7 Å². The Kier molecular flexibility index (Phi) is 2.86. The Labute approximate surface area is 85.8 Å². The molecule has 1 aromatic carbocycles. The van der Waals surface area contributed by atoms with Crippen molar-refractivity contribution in [2.75, 3.05) is 0 Å². The maximum Gasteiger partial charge on any atom is 0.122 e. The predicted octanol–water partition coefficient (Wildman–Crippen LogP) is 2.46. The third kappa shape index (κ3) is 2.07. The van der Waals surface area contributed by atoms with Crippen molar-refractivity contribution in [1.82, 2.24) is 0 Å². The third-order valence-corrected chi connectivity index (χ3v) is 2.40. The summed E-state index contributed by atoms with van der Waals surface area (Å²) in [5, 5.41) is 9.91. The maximum absolute atomic E-state index is 9.91. The molecule has 0 radical (unpaired) electrons. The molecule has 0 unspecified atom stereocenters. The fourth-order valence-electron chi connectivity index (χ4n) is 1.54. The minimum absolute atomic E-state index is 0.0416. The summed E-state index contributed by atoms with van der Waals surface area (Å²) in [5.41, 5.74) is 8.50. The van der Waals surface area contributed by atoms with Crippen molar-refractivity contribution in [2.45, 2.75) is 39.7 Å². The number of benzene rings is 1. The molecule has 0 heterocycles. The molecule has 0 fully saturated rings. The van der Waals surface area contributed by atoms with Gasteiger partial charge in [-0.1, -0.05) is 32.9 Å². The quantitative estimate of drug-likeness (QED) is 0.719. The summed E-state index contributed by atoms with van der Waals surface area (Å²) in [6, 6.07) is 3.92. The first kappa shape index (κ1) is 11.1. The minimum atomic E-state index is -0.0416. The van der Waals surface area contributed by atoms with Gasteiger partial charge in [0.15, 0.2) is 0 Å². The Morgan fingerprint density at radius 1 is 1.29 bits per heavy atom. The van der Waals surface area contributed by atoms with Gasteiger partial charge in [-0.15, -0.1) is 0 Å². The highest BCUT2D eigenvalue weighted by atomic mass is 16.3. The van der Waals surface area contributed by atoms with Crippen LogP contribution in [0.4, 0.5) is 0 Å². The van der Waals surface area contributed by atoms with E-state index in [-0.39, 0.29) is 5.41 Å². The molecule has 2 nitrogen and oxygen atoms in total. The Morgan fingerprint density at radius 2 is 1.86 bits per heavy atom. The van der Waals surface area contributed by atoms with Crippen molar-refractivity contribution in [3.8, 4) is 5.75 Å². The van der Waals surface area contributed by atoms with Crippen LogP contribution in [0.1, 0.15) is 37.5 Å². The molecule has 1 aromatic rings. The zero-order chi connectivity index (χ0) is 10.9. The van der Waals surface area contributed by atoms with Crippen molar-refractivity contribution in [3.63, 3.8) is 0 Å². The molecular formula is C12H19NO. The van der Waals surface area contributed by atoms with Gasteiger partial charge in [0.25, 0.3) is 0 Å². The Hall–Kier alpha value is -1.02. The molecule has 78 valence electrons. The Bertz CT molecular complexity index is 337. The average Bonchev–Trinajstić information content (AvgIpc) is 2.07. The average molecular weight is 193 g/mol. The third-order valence-electron chi connectivity index (χ3n) is 2.40. The van der Waals surface area contributed by atoms with E-state index < -0.39 is 0 Å². The Morgan fingerprint density at radius 3 is 2.29 bits per heavy atom. The SMILES string of the molecule is Cc1cc(CN)cc(C(C)(C)C)c1O. The van der Waals surface area contributed by atoms with Crippen LogP contribution in [0.25, 0.3) is 0 Å². The molecule has 0 aliphatic carbocycles. The highest BCUT2D eigenvalue weighted by Gasteiger charge is 2.19. The zero-order valence-corrected chi connectivity index (χ0v) is 9.39. The summed E-state index contributed by atoms with van der Waals surface area (Å²) < 4.78 is 0. The molecule has 3 N–H and O–H groups in total. The second kappa shape index (κ2) is 3.62. The molecule has 0 aromatic heterocycles. The van der Waals surface area contributed by atoms with Crippen LogP contribution >= 0.6 is 0 Å². The lowest BCUT2D eigenvalue weighted by Gasteiger charge is -2.22. The lowest BCUT2D eigenvalue weighted by Crippen LogP contribution is -2.13. The first-order valence-electron chi connectivity index (χ1n) is 4.89. The van der Waals surface area contributed by atoms with Crippen LogP contribution in [-0.4, -0.2) is 5.11 Å². The zero-order valence-electron chi connectivity index (χ0n) is 9.39. The van der Waals surface area contributed by atoms with E-state index in [1.807, 2.05) is 19.1 Å². The summed E-state index contributed by atoms with van der Waals surface area (Å²) in [6.45, 7) is 8.68. The lowest BCUT2D eigenvalue weighted by atomic mass is 9.84. The van der Waals surface area contributed by atoms with E-state index in [0.29, 0.717) is 12.3 Å². The van der Waals surface area contributed by atoms with Gasteiger partial charge in [0.1, 0.15) is 5.75 Å². The van der Waals surface area contributed by atoms with Crippen LogP contribution in [0.3, 0.4) is 0 Å². The molecule has 0 amide bonds. The number of aryl methyl sites for hydroxylation is 1. The first-order valence-corrected chi connectivity index (χ1v) is 4.89. The smallest absolute Gasteiger partial charge is 0.122 e. The number of phenolic OH excluding ortho intramolecular Hbond substituents is 1. The van der Waals surface area contributed by atoms with Gasteiger partial charge in [0, 0.05) is 6.54 Å². The number of rotatable bonds is 1. The summed E-state index contributed by atoms with van der Waals surface area (Å²) in [7, 11) is 0. The first-order chi connectivity index (χ1) is 6.36. The topological polar surface area (TPSA) is 46.2 Å². The van der Waals surface area contributed by atoms with E-state index in [9.17, 15) is 5.11 Å². The minimum Gasteiger partial charge on any atom is -0.507 e. The van der Waals surface area contributed by atoms with Crippen LogP contribution in [0.15, 0.2) is 12.1 Å². The van der Waals surface area contributed by atoms with E-state index >= 15 is 0 Å². The second-order valence-corrected chi connectivity index (χ2v) is 4.76. The normalized spacial score (nSPS) is 11.8. The van der Waals surface area contributed by atoms with Crippen molar-refractivity contribution in [2.24, 2.45) is 5.73 Å². The number of phenols is 1. The molecule has 1 rings (SSSR count). The van der Waals surface area contributed by atoms with Gasteiger partial charge < -0.3 is 10.8 Å². The number of nitrogens with two attached hydrogens (primary N) is 1. The molecule has 0 saturated carbocycles. The van der Waals surface area contributed by atoms with E-state index in [2.05, 4.69) is 20.8 Å². The van der Waals surface area contributed by atoms with Crippen LogP contribution in [0.5, 0.6) is 5.75 Å². The van der Waals surface area contributed by atoms with Gasteiger partial charge in [-0.05, 0) is 29.0 Å². The van der Waals surface area contributed by atoms with E-state index in [4.69, 9.17) is 5.73 Å². The largest absolute Gasteiger partial charge is 0.507 e. The molecule has 0 spiro atoms. The van der Waals surface area contributed by atoms with Crippen LogP contribution < -0.4 is 5.73 Å². The molecule has 2 heteroatoms. The van der Waals surface area contributed by atoms with Crippen LogP contribution in [0, 0.1) is 6.92 Å². The molecule has 0 aliphatic heterocycles. The summed E-state index contributed by atoms with van der Waals surface area (Å²) >= 11 is 0. The molecule has 0 bridgehead atoms. The van der Waals surface area contributed by atoms with Gasteiger partial charge >= 0.3 is 0 Å². The van der Waals surface area contributed by atoms with Crippen molar-refractivity contribution >= 4 is 0 Å².